The molecule has 184 valence electrons. The number of nitrogens with two attached hydrogens (primary N) is 1. The SMILES string of the molecule is COc1cc2nc(N3CCN(C(=O)N4CCOCC4)CC3)nc(N)c2c(-c2ccccc2)c1OC. The van der Waals surface area contributed by atoms with E-state index >= 15 is 0 Å². The van der Waals surface area contributed by atoms with Crippen molar-refractivity contribution >= 4 is 28.7 Å². The molecule has 0 atom stereocenters. The Bertz CT molecular complexity index is 1210. The van der Waals surface area contributed by atoms with Crippen molar-refractivity contribution in [2.45, 2.75) is 0 Å². The van der Waals surface area contributed by atoms with Gasteiger partial charge in [0.25, 0.3) is 0 Å². The number of carbonyl (C=O) groups is 1. The minimum atomic E-state index is 0.0660. The van der Waals surface area contributed by atoms with Gasteiger partial charge in [0.2, 0.25) is 5.95 Å². The Hall–Kier alpha value is -3.79. The van der Waals surface area contributed by atoms with Crippen LogP contribution in [0.1, 0.15) is 0 Å². The third-order valence-corrected chi connectivity index (χ3v) is 6.52. The zero-order chi connectivity index (χ0) is 24.4. The maximum Gasteiger partial charge on any atom is 0.320 e. The normalized spacial score (nSPS) is 16.5. The lowest BCUT2D eigenvalue weighted by Crippen LogP contribution is -2.55. The Kier molecular flexibility index (Phi) is 6.45. The van der Waals surface area contributed by atoms with Crippen LogP contribution >= 0.6 is 0 Å². The van der Waals surface area contributed by atoms with Gasteiger partial charge in [-0.05, 0) is 5.56 Å². The van der Waals surface area contributed by atoms with Gasteiger partial charge < -0.3 is 34.6 Å². The molecule has 0 bridgehead atoms. The first-order valence-corrected chi connectivity index (χ1v) is 11.7. The Morgan fingerprint density at radius 3 is 2.29 bits per heavy atom. The molecule has 2 saturated heterocycles. The summed E-state index contributed by atoms with van der Waals surface area (Å²) in [6.45, 7) is 4.90. The van der Waals surface area contributed by atoms with Gasteiger partial charge in [0.05, 0.1) is 38.3 Å². The molecule has 0 aliphatic carbocycles. The van der Waals surface area contributed by atoms with Crippen LogP contribution in [0.3, 0.4) is 0 Å². The summed E-state index contributed by atoms with van der Waals surface area (Å²) in [6, 6.07) is 11.8. The number of hydrogen-bond donors (Lipinski definition) is 1. The van der Waals surface area contributed by atoms with Gasteiger partial charge in [0.1, 0.15) is 5.82 Å². The summed E-state index contributed by atoms with van der Waals surface area (Å²) in [6.07, 6.45) is 0. The smallest absolute Gasteiger partial charge is 0.320 e. The van der Waals surface area contributed by atoms with Crippen LogP contribution in [0.15, 0.2) is 36.4 Å². The summed E-state index contributed by atoms with van der Waals surface area (Å²) in [7, 11) is 3.22. The molecule has 0 saturated carbocycles. The van der Waals surface area contributed by atoms with Crippen LogP contribution in [0.4, 0.5) is 16.6 Å². The Balaban J connectivity index is 1.45. The monoisotopic (exact) mass is 478 g/mol. The van der Waals surface area contributed by atoms with E-state index in [0.717, 1.165) is 16.5 Å². The molecule has 10 heteroatoms. The highest BCUT2D eigenvalue weighted by Crippen LogP contribution is 2.45. The minimum absolute atomic E-state index is 0.0660. The zero-order valence-corrected chi connectivity index (χ0v) is 20.1. The van der Waals surface area contributed by atoms with Gasteiger partial charge in [-0.3, -0.25) is 0 Å². The number of benzene rings is 2. The second kappa shape index (κ2) is 9.83. The van der Waals surface area contributed by atoms with Crippen LogP contribution in [0, 0.1) is 0 Å². The molecular weight excluding hydrogens is 448 g/mol. The molecule has 2 N–H and O–H groups in total. The summed E-state index contributed by atoms with van der Waals surface area (Å²) < 4.78 is 16.7. The van der Waals surface area contributed by atoms with E-state index in [1.165, 1.54) is 0 Å². The lowest BCUT2D eigenvalue weighted by Gasteiger charge is -2.38. The largest absolute Gasteiger partial charge is 0.493 e. The van der Waals surface area contributed by atoms with E-state index in [1.807, 2.05) is 46.2 Å². The predicted molar refractivity (Wildman–Crippen MR) is 134 cm³/mol. The van der Waals surface area contributed by atoms with E-state index < -0.39 is 0 Å². The van der Waals surface area contributed by atoms with Crippen LogP contribution < -0.4 is 20.1 Å². The number of methoxy groups -OCH3 is 2. The van der Waals surface area contributed by atoms with E-state index in [9.17, 15) is 4.79 Å². The molecule has 2 aromatic carbocycles. The molecule has 0 unspecified atom stereocenters. The van der Waals surface area contributed by atoms with Gasteiger partial charge in [0.15, 0.2) is 11.5 Å². The van der Waals surface area contributed by atoms with Gasteiger partial charge in [-0.15, -0.1) is 0 Å². The van der Waals surface area contributed by atoms with E-state index in [4.69, 9.17) is 24.9 Å². The van der Waals surface area contributed by atoms with Gasteiger partial charge in [-0.1, -0.05) is 30.3 Å². The molecule has 35 heavy (non-hydrogen) atoms. The number of rotatable bonds is 4. The van der Waals surface area contributed by atoms with Crippen molar-refractivity contribution in [3.8, 4) is 22.6 Å². The van der Waals surface area contributed by atoms with E-state index in [0.29, 0.717) is 81.3 Å². The van der Waals surface area contributed by atoms with Crippen LogP contribution in [0.2, 0.25) is 0 Å². The number of nitrogens with zero attached hydrogens (tertiary/aromatic N) is 5. The highest BCUT2D eigenvalue weighted by Gasteiger charge is 2.28. The second-order valence-electron chi connectivity index (χ2n) is 8.51. The third-order valence-electron chi connectivity index (χ3n) is 6.52. The number of morpholine rings is 1. The highest BCUT2D eigenvalue weighted by atomic mass is 16.5. The number of piperazine rings is 1. The van der Waals surface area contributed by atoms with Crippen molar-refractivity contribution in [3.05, 3.63) is 36.4 Å². The minimum Gasteiger partial charge on any atom is -0.493 e. The number of aromatic nitrogens is 2. The Morgan fingerprint density at radius 1 is 0.943 bits per heavy atom. The average Bonchev–Trinajstić information content (AvgIpc) is 2.92. The fourth-order valence-corrected chi connectivity index (χ4v) is 4.70. The van der Waals surface area contributed by atoms with Crippen LogP contribution in [-0.4, -0.2) is 92.5 Å². The summed E-state index contributed by atoms with van der Waals surface area (Å²) in [4.78, 5) is 28.2. The van der Waals surface area contributed by atoms with Crippen molar-refractivity contribution in [1.82, 2.24) is 19.8 Å². The summed E-state index contributed by atoms with van der Waals surface area (Å²) in [5, 5.41) is 0.721. The Morgan fingerprint density at radius 2 is 1.63 bits per heavy atom. The Labute approximate surface area is 204 Å². The molecule has 2 fully saturated rings. The number of amides is 2. The number of anilines is 2. The van der Waals surface area contributed by atoms with Gasteiger partial charge >= 0.3 is 6.03 Å². The summed E-state index contributed by atoms with van der Waals surface area (Å²) in [5.74, 6) is 2.07. The predicted octanol–water partition coefficient (Wildman–Crippen LogP) is 2.47. The third kappa shape index (κ3) is 4.37. The molecule has 2 amide bonds. The maximum atomic E-state index is 12.8. The summed E-state index contributed by atoms with van der Waals surface area (Å²) >= 11 is 0. The van der Waals surface area contributed by atoms with Crippen LogP contribution in [-0.2, 0) is 4.74 Å². The topological polar surface area (TPSA) is 106 Å². The van der Waals surface area contributed by atoms with Gasteiger partial charge in [0, 0.05) is 50.9 Å². The number of nitrogen functional groups attached to an aromatic ring is 1. The molecule has 10 nitrogen and oxygen atoms in total. The van der Waals surface area contributed by atoms with Crippen molar-refractivity contribution in [2.24, 2.45) is 0 Å². The first kappa shape index (κ1) is 23.0. The number of fused-ring (bicyclic) bond motifs is 1. The van der Waals surface area contributed by atoms with Gasteiger partial charge in [-0.2, -0.15) is 4.98 Å². The van der Waals surface area contributed by atoms with Crippen molar-refractivity contribution in [2.75, 3.05) is 77.3 Å². The molecule has 1 aromatic heterocycles. The lowest BCUT2D eigenvalue weighted by atomic mass is 9.99. The lowest BCUT2D eigenvalue weighted by molar-refractivity contribution is 0.0428. The molecule has 3 aromatic rings. The first-order valence-electron chi connectivity index (χ1n) is 11.7. The molecule has 2 aliphatic heterocycles. The van der Waals surface area contributed by atoms with Crippen molar-refractivity contribution in [3.63, 3.8) is 0 Å². The van der Waals surface area contributed by atoms with Crippen molar-refractivity contribution in [1.29, 1.82) is 0 Å². The van der Waals surface area contributed by atoms with E-state index in [1.54, 1.807) is 14.2 Å². The van der Waals surface area contributed by atoms with Gasteiger partial charge in [-0.25, -0.2) is 9.78 Å². The summed E-state index contributed by atoms with van der Waals surface area (Å²) in [5.41, 5.74) is 8.94. The van der Waals surface area contributed by atoms with Crippen LogP contribution in [0.5, 0.6) is 11.5 Å². The molecule has 5 rings (SSSR count). The molecule has 2 aliphatic rings. The fourth-order valence-electron chi connectivity index (χ4n) is 4.70. The number of ether oxygens (including phenoxy) is 3. The zero-order valence-electron chi connectivity index (χ0n) is 20.1. The average molecular weight is 479 g/mol. The maximum absolute atomic E-state index is 12.8. The molecule has 0 spiro atoms. The first-order chi connectivity index (χ1) is 17.1. The van der Waals surface area contributed by atoms with Crippen LogP contribution in [0.25, 0.3) is 22.0 Å². The van der Waals surface area contributed by atoms with E-state index in [-0.39, 0.29) is 6.03 Å². The standard InChI is InChI=1S/C25H30N6O4/c1-33-19-16-18-21(20(22(19)34-2)17-6-4-3-5-7-17)23(26)28-24(27-18)29-8-10-30(11-9-29)25(32)31-12-14-35-15-13-31/h3-7,16H,8-15H2,1-2H3,(H2,26,27,28). The second-order valence-corrected chi connectivity index (χ2v) is 8.51. The molecule has 0 radical (unpaired) electrons. The molecule has 3 heterocycles. The fraction of sp³-hybridized carbons (Fsp3) is 0.400. The van der Waals surface area contributed by atoms with E-state index in [2.05, 4.69) is 9.88 Å². The number of hydrogen-bond acceptors (Lipinski definition) is 8. The molecular formula is C25H30N6O4. The van der Waals surface area contributed by atoms with Crippen molar-refractivity contribution < 1.29 is 19.0 Å². The number of carbonyl (C=O) groups excluding carboxylic acids is 1. The highest BCUT2D eigenvalue weighted by molar-refractivity contribution is 6.05. The number of urea groups is 1. The quantitative estimate of drug-likeness (QED) is 0.610.